The molecule has 1 unspecified atom stereocenters. The molecule has 1 atom stereocenters. The molecule has 4 nitrogen and oxygen atoms in total. The molecule has 4 heteroatoms. The van der Waals surface area contributed by atoms with Gasteiger partial charge in [-0.1, -0.05) is 31.7 Å². The maximum Gasteiger partial charge on any atom is 0.333 e. The molecule has 2 rings (SSSR count). The third-order valence-corrected chi connectivity index (χ3v) is 3.68. The average Bonchev–Trinajstić information content (AvgIpc) is 2.54. The Labute approximate surface area is 137 Å². The highest BCUT2D eigenvalue weighted by Gasteiger charge is 2.13. The highest BCUT2D eigenvalue weighted by molar-refractivity contribution is 5.86. The number of carbonyl (C=O) groups is 1. The molecule has 1 aliphatic carbocycles. The fourth-order valence-electron chi connectivity index (χ4n) is 2.38. The molecule has 23 heavy (non-hydrogen) atoms. The van der Waals surface area contributed by atoms with Crippen LogP contribution in [0.25, 0.3) is 6.08 Å². The van der Waals surface area contributed by atoms with Crippen LogP contribution in [-0.2, 0) is 14.3 Å². The summed E-state index contributed by atoms with van der Waals surface area (Å²) in [6.07, 6.45) is 5.44. The summed E-state index contributed by atoms with van der Waals surface area (Å²) >= 11 is 0. The van der Waals surface area contributed by atoms with Crippen molar-refractivity contribution in [3.8, 4) is 5.75 Å². The molecule has 0 N–H and O–H groups in total. The van der Waals surface area contributed by atoms with Gasteiger partial charge in [-0.3, -0.25) is 0 Å². The molecule has 0 amide bonds. The maximum atomic E-state index is 11.2. The van der Waals surface area contributed by atoms with Crippen molar-refractivity contribution in [2.24, 2.45) is 0 Å². The molecule has 0 bridgehead atoms. The van der Waals surface area contributed by atoms with E-state index in [0.29, 0.717) is 31.3 Å². The van der Waals surface area contributed by atoms with Gasteiger partial charge in [-0.05, 0) is 42.5 Å². The van der Waals surface area contributed by atoms with Crippen molar-refractivity contribution in [2.75, 3.05) is 26.4 Å². The zero-order chi connectivity index (χ0) is 16.7. The van der Waals surface area contributed by atoms with Gasteiger partial charge in [0.05, 0.1) is 13.2 Å². The molecule has 1 aromatic rings. The van der Waals surface area contributed by atoms with Crippen LogP contribution in [0, 0.1) is 0 Å². The van der Waals surface area contributed by atoms with Crippen molar-refractivity contribution in [1.29, 1.82) is 0 Å². The first-order valence-corrected chi connectivity index (χ1v) is 7.91. The highest BCUT2D eigenvalue weighted by Crippen LogP contribution is 2.31. The first-order chi connectivity index (χ1) is 11.1. The molecule has 0 saturated heterocycles. The number of fused-ring (bicyclic) bond motifs is 1. The lowest BCUT2D eigenvalue weighted by Gasteiger charge is -2.18. The van der Waals surface area contributed by atoms with Crippen molar-refractivity contribution in [3.05, 3.63) is 47.6 Å². The van der Waals surface area contributed by atoms with Crippen LogP contribution in [0.3, 0.4) is 0 Å². The fraction of sp³-hybridized carbons (Fsp3) is 0.421. The lowest BCUT2D eigenvalue weighted by molar-refractivity contribution is -0.140. The molecule has 0 spiro atoms. The number of allylic oxidation sites excluding steroid dienone is 1. The Morgan fingerprint density at radius 3 is 2.83 bits per heavy atom. The first-order valence-electron chi connectivity index (χ1n) is 7.91. The van der Waals surface area contributed by atoms with Crippen molar-refractivity contribution in [3.63, 3.8) is 0 Å². The van der Waals surface area contributed by atoms with E-state index in [9.17, 15) is 4.79 Å². The minimum atomic E-state index is -0.387. The summed E-state index contributed by atoms with van der Waals surface area (Å²) in [5.74, 6) is 1.00. The van der Waals surface area contributed by atoms with Gasteiger partial charge in [0.15, 0.2) is 0 Å². The minimum Gasteiger partial charge on any atom is -0.491 e. The van der Waals surface area contributed by atoms with Crippen LogP contribution >= 0.6 is 0 Å². The molecule has 0 aliphatic heterocycles. The van der Waals surface area contributed by atoms with E-state index in [1.165, 1.54) is 11.1 Å². The molecule has 1 aliphatic rings. The van der Waals surface area contributed by atoms with Crippen LogP contribution < -0.4 is 4.74 Å². The normalized spacial score (nSPS) is 15.8. The third kappa shape index (κ3) is 5.25. The van der Waals surface area contributed by atoms with E-state index < -0.39 is 0 Å². The van der Waals surface area contributed by atoms with Crippen LogP contribution in [-0.4, -0.2) is 32.4 Å². The summed E-state index contributed by atoms with van der Waals surface area (Å²) in [6, 6.07) is 6.18. The summed E-state index contributed by atoms with van der Waals surface area (Å²) < 4.78 is 16.0. The Bertz CT molecular complexity index is 589. The Morgan fingerprint density at radius 2 is 2.04 bits per heavy atom. The second-order valence-corrected chi connectivity index (χ2v) is 5.71. The van der Waals surface area contributed by atoms with Gasteiger partial charge < -0.3 is 14.2 Å². The third-order valence-electron chi connectivity index (χ3n) is 3.68. The topological polar surface area (TPSA) is 44.8 Å². The predicted molar refractivity (Wildman–Crippen MR) is 90.6 cm³/mol. The summed E-state index contributed by atoms with van der Waals surface area (Å²) in [5.41, 5.74) is 2.99. The molecule has 0 radical (unpaired) electrons. The lowest BCUT2D eigenvalue weighted by Crippen LogP contribution is -2.14. The Hall–Kier alpha value is -2.07. The molecule has 0 heterocycles. The van der Waals surface area contributed by atoms with Crippen LogP contribution in [0.4, 0.5) is 0 Å². The van der Waals surface area contributed by atoms with Gasteiger partial charge in [0, 0.05) is 5.57 Å². The van der Waals surface area contributed by atoms with E-state index in [0.717, 1.165) is 12.2 Å². The van der Waals surface area contributed by atoms with Gasteiger partial charge in [0.1, 0.15) is 19.0 Å². The van der Waals surface area contributed by atoms with Crippen LogP contribution in [0.15, 0.2) is 36.4 Å². The van der Waals surface area contributed by atoms with E-state index in [2.05, 4.69) is 37.8 Å². The number of rotatable bonds is 8. The highest BCUT2D eigenvalue weighted by atomic mass is 16.6. The first kappa shape index (κ1) is 17.3. The molecule has 124 valence electrons. The minimum absolute atomic E-state index is 0.231. The van der Waals surface area contributed by atoms with Crippen LogP contribution in [0.2, 0.25) is 0 Å². The summed E-state index contributed by atoms with van der Waals surface area (Å²) in [5, 5.41) is 0. The summed E-state index contributed by atoms with van der Waals surface area (Å²) in [7, 11) is 0. The fourth-order valence-corrected chi connectivity index (χ4v) is 2.38. The van der Waals surface area contributed by atoms with Gasteiger partial charge in [-0.2, -0.15) is 0 Å². The number of ether oxygens (including phenoxy) is 3. The van der Waals surface area contributed by atoms with E-state index in [-0.39, 0.29) is 12.6 Å². The van der Waals surface area contributed by atoms with Gasteiger partial charge in [0.25, 0.3) is 0 Å². The van der Waals surface area contributed by atoms with Crippen LogP contribution in [0.5, 0.6) is 5.75 Å². The van der Waals surface area contributed by atoms with Crippen molar-refractivity contribution >= 4 is 12.0 Å². The van der Waals surface area contributed by atoms with E-state index in [4.69, 9.17) is 14.2 Å². The van der Waals surface area contributed by atoms with E-state index in [1.807, 2.05) is 6.07 Å². The lowest BCUT2D eigenvalue weighted by atomic mass is 9.88. The van der Waals surface area contributed by atoms with E-state index >= 15 is 0 Å². The quantitative estimate of drug-likeness (QED) is 0.416. The molecule has 1 aromatic carbocycles. The zero-order valence-corrected chi connectivity index (χ0v) is 13.8. The number of hydrogen-bond acceptors (Lipinski definition) is 4. The molecule has 0 fully saturated rings. The number of carbonyl (C=O) groups excluding carboxylic acids is 1. The molecule has 0 saturated carbocycles. The number of benzene rings is 1. The van der Waals surface area contributed by atoms with Crippen molar-refractivity contribution < 1.29 is 19.0 Å². The monoisotopic (exact) mass is 316 g/mol. The zero-order valence-electron chi connectivity index (χ0n) is 13.8. The maximum absolute atomic E-state index is 11.2. The Balaban J connectivity index is 1.65. The largest absolute Gasteiger partial charge is 0.491 e. The molecular weight excluding hydrogens is 292 g/mol. The van der Waals surface area contributed by atoms with Gasteiger partial charge in [0.2, 0.25) is 0 Å². The smallest absolute Gasteiger partial charge is 0.333 e. The average molecular weight is 316 g/mol. The standard InChI is InChI=1S/C19H24O4/c1-14(2)19(20)23-12-10-21-9-11-22-17-8-7-16-6-4-5-15(3)18(16)13-17/h4,6-8,13,15H,1,5,9-12H2,2-3H3. The summed E-state index contributed by atoms with van der Waals surface area (Å²) in [6.45, 7) is 8.87. The van der Waals surface area contributed by atoms with E-state index in [1.54, 1.807) is 6.92 Å². The molecular formula is C19H24O4. The van der Waals surface area contributed by atoms with Crippen molar-refractivity contribution in [1.82, 2.24) is 0 Å². The van der Waals surface area contributed by atoms with Gasteiger partial charge >= 0.3 is 5.97 Å². The second kappa shape index (κ2) is 8.53. The second-order valence-electron chi connectivity index (χ2n) is 5.71. The number of esters is 1. The summed E-state index contributed by atoms with van der Waals surface area (Å²) in [4.78, 5) is 11.2. The Kier molecular flexibility index (Phi) is 6.41. The van der Waals surface area contributed by atoms with Crippen LogP contribution in [0.1, 0.15) is 37.3 Å². The predicted octanol–water partition coefficient (Wildman–Crippen LogP) is 3.72. The SMILES string of the molecule is C=C(C)C(=O)OCCOCCOc1ccc2c(c1)C(C)CC=C2. The Morgan fingerprint density at radius 1 is 1.26 bits per heavy atom. The number of hydrogen-bond donors (Lipinski definition) is 0. The van der Waals surface area contributed by atoms with Gasteiger partial charge in [-0.25, -0.2) is 4.79 Å². The molecule has 0 aromatic heterocycles. The van der Waals surface area contributed by atoms with Crippen molar-refractivity contribution in [2.45, 2.75) is 26.2 Å². The van der Waals surface area contributed by atoms with Gasteiger partial charge in [-0.15, -0.1) is 0 Å².